The number of nitrogens with two attached hydrogens (primary N) is 1. The van der Waals surface area contributed by atoms with Gasteiger partial charge in [0.2, 0.25) is 0 Å². The van der Waals surface area contributed by atoms with Gasteiger partial charge >= 0.3 is 0 Å². The van der Waals surface area contributed by atoms with E-state index in [1.165, 1.54) is 5.56 Å². The van der Waals surface area contributed by atoms with Crippen molar-refractivity contribution in [3.8, 4) is 0 Å². The molecular weight excluding hydrogens is 224 g/mol. The molecule has 0 spiro atoms. The van der Waals surface area contributed by atoms with Gasteiger partial charge in [0, 0.05) is 50.2 Å². The van der Waals surface area contributed by atoms with Crippen LogP contribution in [0.3, 0.4) is 0 Å². The molecule has 100 valence electrons. The van der Waals surface area contributed by atoms with Crippen LogP contribution in [0, 0.1) is 0 Å². The molecule has 0 saturated carbocycles. The average molecular weight is 248 g/mol. The van der Waals surface area contributed by atoms with Crippen LogP contribution in [-0.4, -0.2) is 53.0 Å². The largest absolute Gasteiger partial charge is 0.329 e. The molecule has 0 radical (unpaired) electrons. The van der Waals surface area contributed by atoms with Gasteiger partial charge in [-0.05, 0) is 32.5 Å². The van der Waals surface area contributed by atoms with Crippen molar-refractivity contribution in [1.82, 2.24) is 14.8 Å². The molecule has 1 aliphatic heterocycles. The number of piperazine rings is 1. The highest BCUT2D eigenvalue weighted by Crippen LogP contribution is 2.24. The zero-order valence-corrected chi connectivity index (χ0v) is 11.6. The number of rotatable bonds is 3. The lowest BCUT2D eigenvalue weighted by Gasteiger charge is -2.50. The molecule has 1 atom stereocenters. The lowest BCUT2D eigenvalue weighted by Crippen LogP contribution is -2.63. The lowest BCUT2D eigenvalue weighted by molar-refractivity contribution is -0.00631. The second kappa shape index (κ2) is 5.34. The summed E-state index contributed by atoms with van der Waals surface area (Å²) in [5.41, 5.74) is 7.33. The minimum atomic E-state index is 0.171. The van der Waals surface area contributed by atoms with Crippen LogP contribution < -0.4 is 5.73 Å². The van der Waals surface area contributed by atoms with Crippen LogP contribution in [-0.2, 0) is 6.54 Å². The number of hydrogen-bond donors (Lipinski definition) is 1. The first kappa shape index (κ1) is 13.5. The van der Waals surface area contributed by atoms with E-state index in [-0.39, 0.29) is 5.54 Å². The minimum absolute atomic E-state index is 0.171. The van der Waals surface area contributed by atoms with Gasteiger partial charge in [-0.25, -0.2) is 0 Å². The summed E-state index contributed by atoms with van der Waals surface area (Å²) in [6.07, 6.45) is 3.77. The highest BCUT2D eigenvalue weighted by molar-refractivity contribution is 5.09. The zero-order valence-electron chi connectivity index (χ0n) is 11.6. The summed E-state index contributed by atoms with van der Waals surface area (Å²) in [5, 5.41) is 0. The lowest BCUT2D eigenvalue weighted by atomic mass is 9.95. The van der Waals surface area contributed by atoms with Crippen LogP contribution in [0.15, 0.2) is 24.5 Å². The van der Waals surface area contributed by atoms with E-state index in [2.05, 4.69) is 41.7 Å². The maximum Gasteiger partial charge on any atom is 0.0348 e. The average Bonchev–Trinajstić information content (AvgIpc) is 2.34. The first-order valence-corrected chi connectivity index (χ1v) is 6.57. The zero-order chi connectivity index (χ0) is 13.2. The fourth-order valence-corrected chi connectivity index (χ4v) is 2.74. The van der Waals surface area contributed by atoms with E-state index in [1.54, 1.807) is 0 Å². The van der Waals surface area contributed by atoms with Crippen LogP contribution in [0.2, 0.25) is 0 Å². The Labute approximate surface area is 110 Å². The Hall–Kier alpha value is -0.970. The number of nitrogens with zero attached hydrogens (tertiary/aromatic N) is 3. The second-order valence-corrected chi connectivity index (χ2v) is 5.84. The van der Waals surface area contributed by atoms with Crippen molar-refractivity contribution >= 4 is 0 Å². The van der Waals surface area contributed by atoms with Crippen molar-refractivity contribution in [3.05, 3.63) is 30.1 Å². The Morgan fingerprint density at radius 2 is 2.28 bits per heavy atom. The quantitative estimate of drug-likeness (QED) is 0.864. The van der Waals surface area contributed by atoms with Crippen LogP contribution in [0.25, 0.3) is 0 Å². The van der Waals surface area contributed by atoms with Crippen LogP contribution in [0.1, 0.15) is 19.4 Å². The Balaban J connectivity index is 2.06. The van der Waals surface area contributed by atoms with Gasteiger partial charge < -0.3 is 5.73 Å². The van der Waals surface area contributed by atoms with E-state index >= 15 is 0 Å². The summed E-state index contributed by atoms with van der Waals surface area (Å²) in [6.45, 7) is 8.33. The topological polar surface area (TPSA) is 45.4 Å². The Bertz CT molecular complexity index is 377. The summed E-state index contributed by atoms with van der Waals surface area (Å²) >= 11 is 0. The monoisotopic (exact) mass is 248 g/mol. The Morgan fingerprint density at radius 1 is 1.50 bits per heavy atom. The van der Waals surface area contributed by atoms with E-state index in [1.807, 2.05) is 18.5 Å². The highest BCUT2D eigenvalue weighted by atomic mass is 15.3. The first-order chi connectivity index (χ1) is 8.53. The highest BCUT2D eigenvalue weighted by Gasteiger charge is 2.36. The molecule has 1 unspecified atom stereocenters. The van der Waals surface area contributed by atoms with Crippen molar-refractivity contribution in [2.45, 2.75) is 32.0 Å². The standard InChI is InChI=1S/C14H24N4/c1-14(2)11-18(10-13(7-15)17(14)3)9-12-5-4-6-16-8-12/h4-6,8,13H,7,9-11,15H2,1-3H3. The summed E-state index contributed by atoms with van der Waals surface area (Å²) < 4.78 is 0. The van der Waals surface area contributed by atoms with Crippen LogP contribution in [0.5, 0.6) is 0 Å². The first-order valence-electron chi connectivity index (χ1n) is 6.57. The predicted molar refractivity (Wildman–Crippen MR) is 74.2 cm³/mol. The minimum Gasteiger partial charge on any atom is -0.329 e. The Morgan fingerprint density at radius 3 is 2.89 bits per heavy atom. The fraction of sp³-hybridized carbons (Fsp3) is 0.643. The van der Waals surface area contributed by atoms with Gasteiger partial charge in [0.1, 0.15) is 0 Å². The molecule has 4 heteroatoms. The fourth-order valence-electron chi connectivity index (χ4n) is 2.74. The van der Waals surface area contributed by atoms with E-state index in [4.69, 9.17) is 5.73 Å². The van der Waals surface area contributed by atoms with Gasteiger partial charge in [0.15, 0.2) is 0 Å². The van der Waals surface area contributed by atoms with Gasteiger partial charge in [0.25, 0.3) is 0 Å². The summed E-state index contributed by atoms with van der Waals surface area (Å²) in [7, 11) is 2.18. The Kier molecular flexibility index (Phi) is 4.00. The molecule has 1 aromatic heterocycles. The van der Waals surface area contributed by atoms with Gasteiger partial charge in [-0.1, -0.05) is 6.07 Å². The molecule has 0 bridgehead atoms. The molecule has 18 heavy (non-hydrogen) atoms. The molecular formula is C14H24N4. The molecule has 1 aliphatic rings. The number of pyridine rings is 1. The van der Waals surface area contributed by atoms with E-state index in [9.17, 15) is 0 Å². The van der Waals surface area contributed by atoms with Crippen molar-refractivity contribution < 1.29 is 0 Å². The van der Waals surface area contributed by atoms with Crippen molar-refractivity contribution in [1.29, 1.82) is 0 Å². The molecule has 1 aromatic rings. The third-order valence-electron chi connectivity index (χ3n) is 3.98. The summed E-state index contributed by atoms with van der Waals surface area (Å²) in [5.74, 6) is 0. The molecule has 0 amide bonds. The van der Waals surface area contributed by atoms with E-state index in [0.29, 0.717) is 12.6 Å². The van der Waals surface area contributed by atoms with Crippen LogP contribution in [0.4, 0.5) is 0 Å². The molecule has 0 aromatic carbocycles. The third-order valence-corrected chi connectivity index (χ3v) is 3.98. The van der Waals surface area contributed by atoms with Gasteiger partial charge in [-0.2, -0.15) is 0 Å². The van der Waals surface area contributed by atoms with Crippen molar-refractivity contribution in [2.24, 2.45) is 5.73 Å². The predicted octanol–water partition coefficient (Wildman–Crippen LogP) is 0.935. The second-order valence-electron chi connectivity index (χ2n) is 5.84. The number of aromatic nitrogens is 1. The SMILES string of the molecule is CN1C(CN)CN(Cc2cccnc2)CC1(C)C. The number of likely N-dealkylation sites (N-methyl/N-ethyl adjacent to an activating group) is 1. The van der Waals surface area contributed by atoms with Crippen molar-refractivity contribution in [3.63, 3.8) is 0 Å². The molecule has 4 nitrogen and oxygen atoms in total. The maximum atomic E-state index is 5.89. The van der Waals surface area contributed by atoms with Gasteiger partial charge in [-0.15, -0.1) is 0 Å². The van der Waals surface area contributed by atoms with E-state index in [0.717, 1.165) is 19.6 Å². The molecule has 1 saturated heterocycles. The molecule has 2 N–H and O–H groups in total. The third kappa shape index (κ3) is 2.88. The van der Waals surface area contributed by atoms with E-state index < -0.39 is 0 Å². The normalized spacial score (nSPS) is 25.2. The summed E-state index contributed by atoms with van der Waals surface area (Å²) in [6, 6.07) is 4.57. The molecule has 2 rings (SSSR count). The van der Waals surface area contributed by atoms with Gasteiger partial charge in [0.05, 0.1) is 0 Å². The van der Waals surface area contributed by atoms with Gasteiger partial charge in [-0.3, -0.25) is 14.8 Å². The maximum absolute atomic E-state index is 5.89. The number of hydrogen-bond acceptors (Lipinski definition) is 4. The smallest absolute Gasteiger partial charge is 0.0348 e. The molecule has 2 heterocycles. The molecule has 0 aliphatic carbocycles. The molecule has 1 fully saturated rings. The van der Waals surface area contributed by atoms with Crippen LogP contribution >= 0.6 is 0 Å². The van der Waals surface area contributed by atoms with Crippen molar-refractivity contribution in [2.75, 3.05) is 26.7 Å². The summed E-state index contributed by atoms with van der Waals surface area (Å²) in [4.78, 5) is 9.07.